The molecule has 0 spiro atoms. The van der Waals surface area contributed by atoms with E-state index in [-0.39, 0.29) is 5.41 Å². The number of hydrogen-bond donors (Lipinski definition) is 0. The molecule has 2 aromatic carbocycles. The molecule has 0 nitrogen and oxygen atoms in total. The minimum absolute atomic E-state index is 0.0403. The second-order valence-corrected chi connectivity index (χ2v) is 4.87. The summed E-state index contributed by atoms with van der Waals surface area (Å²) in [4.78, 5) is 0. The molecule has 0 saturated heterocycles. The lowest BCUT2D eigenvalue weighted by atomic mass is 9.76. The van der Waals surface area contributed by atoms with E-state index in [4.69, 9.17) is 15.7 Å². The summed E-state index contributed by atoms with van der Waals surface area (Å²) in [5, 5.41) is 0. The van der Waals surface area contributed by atoms with E-state index in [1.165, 1.54) is 11.1 Å². The molecule has 0 aliphatic carbocycles. The molecule has 2 aromatic rings. The predicted octanol–water partition coefficient (Wildman–Crippen LogP) is 1.60. The second-order valence-electron chi connectivity index (χ2n) is 4.87. The minimum Gasteiger partial charge on any atom is -0.0967 e. The van der Waals surface area contributed by atoms with E-state index in [2.05, 4.69) is 38.1 Å². The van der Waals surface area contributed by atoms with Crippen molar-refractivity contribution in [2.75, 3.05) is 0 Å². The van der Waals surface area contributed by atoms with Crippen LogP contribution in [-0.2, 0) is 5.41 Å². The van der Waals surface area contributed by atoms with E-state index in [0.717, 1.165) is 10.9 Å². The fraction of sp³-hybridized carbons (Fsp3) is 0.200. The Balaban J connectivity index is 2.41. The molecule has 0 N–H and O–H groups in total. The molecule has 0 saturated carbocycles. The summed E-state index contributed by atoms with van der Waals surface area (Å²) in [5.41, 5.74) is 4.04. The normalized spacial score (nSPS) is 11.4. The Morgan fingerprint density at radius 3 is 1.24 bits per heavy atom. The van der Waals surface area contributed by atoms with E-state index in [1.807, 2.05) is 24.3 Å². The molecule has 0 aromatic heterocycles. The highest BCUT2D eigenvalue weighted by atomic mass is 14.3. The summed E-state index contributed by atoms with van der Waals surface area (Å²) in [5.74, 6) is 0. The van der Waals surface area contributed by atoms with Gasteiger partial charge in [-0.2, -0.15) is 0 Å². The molecule has 0 unspecified atom stereocenters. The maximum atomic E-state index is 5.71. The highest BCUT2D eigenvalue weighted by molar-refractivity contribution is 6.32. The van der Waals surface area contributed by atoms with Gasteiger partial charge in [0.25, 0.3) is 0 Å². The van der Waals surface area contributed by atoms with Crippen molar-refractivity contribution in [2.24, 2.45) is 0 Å². The lowest BCUT2D eigenvalue weighted by Crippen LogP contribution is -2.20. The molecule has 0 fully saturated rings. The first-order chi connectivity index (χ1) is 8.00. The van der Waals surface area contributed by atoms with E-state index in [1.54, 1.807) is 0 Å². The summed E-state index contributed by atoms with van der Waals surface area (Å²) < 4.78 is 0. The van der Waals surface area contributed by atoms with Crippen LogP contribution in [0.5, 0.6) is 0 Å². The fourth-order valence-electron chi connectivity index (χ4n) is 1.97. The summed E-state index contributed by atoms with van der Waals surface area (Å²) in [6.07, 6.45) is 0. The highest BCUT2D eigenvalue weighted by Gasteiger charge is 2.22. The van der Waals surface area contributed by atoms with Crippen LogP contribution < -0.4 is 10.9 Å². The number of hydrogen-bond acceptors (Lipinski definition) is 0. The molecule has 2 heteroatoms. The first kappa shape index (κ1) is 12.0. The molecular formula is C15H14B2. The summed E-state index contributed by atoms with van der Waals surface area (Å²) in [6, 6.07) is 16.1. The second kappa shape index (κ2) is 4.44. The van der Waals surface area contributed by atoms with Gasteiger partial charge in [-0.3, -0.25) is 0 Å². The van der Waals surface area contributed by atoms with Crippen molar-refractivity contribution in [2.45, 2.75) is 19.3 Å². The Kier molecular flexibility index (Phi) is 3.15. The van der Waals surface area contributed by atoms with Crippen LogP contribution in [0, 0.1) is 0 Å². The van der Waals surface area contributed by atoms with Crippen LogP contribution in [0.1, 0.15) is 25.0 Å². The van der Waals surface area contributed by atoms with Crippen LogP contribution in [0.4, 0.5) is 0 Å². The van der Waals surface area contributed by atoms with Gasteiger partial charge in [-0.15, -0.1) is 0 Å². The van der Waals surface area contributed by atoms with Gasteiger partial charge in [0.15, 0.2) is 0 Å². The minimum atomic E-state index is -0.0403. The lowest BCUT2D eigenvalue weighted by Gasteiger charge is -2.26. The summed E-state index contributed by atoms with van der Waals surface area (Å²) in [6.45, 7) is 4.40. The van der Waals surface area contributed by atoms with Crippen molar-refractivity contribution >= 4 is 26.6 Å². The Labute approximate surface area is 106 Å². The smallest absolute Gasteiger partial charge is 0.0967 e. The Hall–Kier alpha value is -1.43. The van der Waals surface area contributed by atoms with Gasteiger partial charge in [0, 0.05) is 5.41 Å². The van der Waals surface area contributed by atoms with Crippen molar-refractivity contribution in [1.82, 2.24) is 0 Å². The van der Waals surface area contributed by atoms with Crippen molar-refractivity contribution in [3.8, 4) is 0 Å². The van der Waals surface area contributed by atoms with Gasteiger partial charge in [-0.05, 0) is 11.1 Å². The summed E-state index contributed by atoms with van der Waals surface area (Å²) in [7, 11) is 11.4. The average Bonchev–Trinajstić information content (AvgIpc) is 2.30. The first-order valence-corrected chi connectivity index (χ1v) is 5.72. The highest BCUT2D eigenvalue weighted by Crippen LogP contribution is 2.30. The zero-order chi connectivity index (χ0) is 12.5. The summed E-state index contributed by atoms with van der Waals surface area (Å²) >= 11 is 0. The topological polar surface area (TPSA) is 0 Å². The van der Waals surface area contributed by atoms with Crippen LogP contribution in [-0.4, -0.2) is 15.7 Å². The van der Waals surface area contributed by atoms with Crippen molar-refractivity contribution < 1.29 is 0 Å². The SMILES string of the molecule is [B]c1ccc(C(C)(C)c2ccc([B])cc2)cc1. The van der Waals surface area contributed by atoms with Gasteiger partial charge in [-0.25, -0.2) is 0 Å². The van der Waals surface area contributed by atoms with Gasteiger partial charge < -0.3 is 0 Å². The van der Waals surface area contributed by atoms with Gasteiger partial charge in [0.2, 0.25) is 0 Å². The van der Waals surface area contributed by atoms with E-state index >= 15 is 0 Å². The predicted molar refractivity (Wildman–Crippen MR) is 75.8 cm³/mol. The number of rotatable bonds is 2. The first-order valence-electron chi connectivity index (χ1n) is 5.72. The maximum Gasteiger partial charge on any atom is 0.113 e. The van der Waals surface area contributed by atoms with Crippen molar-refractivity contribution in [1.29, 1.82) is 0 Å². The van der Waals surface area contributed by atoms with Crippen LogP contribution in [0.2, 0.25) is 0 Å². The molecule has 0 amide bonds. The van der Waals surface area contributed by atoms with E-state index in [9.17, 15) is 0 Å². The maximum absolute atomic E-state index is 5.71. The zero-order valence-corrected chi connectivity index (χ0v) is 10.3. The molecule has 17 heavy (non-hydrogen) atoms. The third kappa shape index (κ3) is 2.46. The van der Waals surface area contributed by atoms with E-state index < -0.39 is 0 Å². The molecule has 0 atom stereocenters. The standard InChI is InChI=1S/C15H14B2/c1-15(2,11-3-7-13(16)8-4-11)12-5-9-14(17)10-6-12/h3-10H,1-2H3. The van der Waals surface area contributed by atoms with Crippen molar-refractivity contribution in [3.63, 3.8) is 0 Å². The van der Waals surface area contributed by atoms with Crippen LogP contribution in [0.25, 0.3) is 0 Å². The molecular weight excluding hydrogens is 202 g/mol. The zero-order valence-electron chi connectivity index (χ0n) is 10.3. The third-order valence-corrected chi connectivity index (χ3v) is 3.26. The van der Waals surface area contributed by atoms with Gasteiger partial charge >= 0.3 is 0 Å². The molecule has 0 aliphatic rings. The Morgan fingerprint density at radius 2 is 0.941 bits per heavy atom. The third-order valence-electron chi connectivity index (χ3n) is 3.26. The Bertz CT molecular complexity index is 448. The average molecular weight is 216 g/mol. The lowest BCUT2D eigenvalue weighted by molar-refractivity contribution is 0.641. The van der Waals surface area contributed by atoms with Gasteiger partial charge in [0.05, 0.1) is 0 Å². The Morgan fingerprint density at radius 1 is 0.647 bits per heavy atom. The molecule has 0 heterocycles. The fourth-order valence-corrected chi connectivity index (χ4v) is 1.97. The van der Waals surface area contributed by atoms with Crippen LogP contribution in [0.3, 0.4) is 0 Å². The van der Waals surface area contributed by atoms with Gasteiger partial charge in [-0.1, -0.05) is 73.3 Å². The van der Waals surface area contributed by atoms with E-state index in [0.29, 0.717) is 0 Å². The number of benzene rings is 2. The van der Waals surface area contributed by atoms with Crippen LogP contribution in [0.15, 0.2) is 48.5 Å². The largest absolute Gasteiger partial charge is 0.113 e. The molecule has 80 valence electrons. The quantitative estimate of drug-likeness (QED) is 0.668. The molecule has 0 bridgehead atoms. The van der Waals surface area contributed by atoms with Gasteiger partial charge in [0.1, 0.15) is 15.7 Å². The molecule has 0 aliphatic heterocycles. The van der Waals surface area contributed by atoms with Crippen LogP contribution >= 0.6 is 0 Å². The molecule has 2 rings (SSSR count). The monoisotopic (exact) mass is 216 g/mol. The molecule has 4 radical (unpaired) electrons. The van der Waals surface area contributed by atoms with Crippen molar-refractivity contribution in [3.05, 3.63) is 59.7 Å².